The molecule has 7 heteroatoms. The fourth-order valence-electron chi connectivity index (χ4n) is 2.31. The molecule has 2 aromatic carbocycles. The van der Waals surface area contributed by atoms with Crippen molar-refractivity contribution in [3.05, 3.63) is 58.6 Å². The molecule has 2 N–H and O–H groups in total. The first-order valence-corrected chi connectivity index (χ1v) is 9.82. The Bertz CT molecular complexity index is 849. The Hall–Kier alpha value is -1.89. The summed E-state index contributed by atoms with van der Waals surface area (Å²) < 4.78 is 26.2. The maximum absolute atomic E-state index is 12.1. The summed E-state index contributed by atoms with van der Waals surface area (Å²) in [5.41, 5.74) is 2.54. The number of aryl methyl sites for hydroxylation is 2. The van der Waals surface area contributed by atoms with Gasteiger partial charge in [-0.3, -0.25) is 4.79 Å². The highest BCUT2D eigenvalue weighted by Crippen LogP contribution is 2.20. The van der Waals surface area contributed by atoms with Gasteiger partial charge in [0.1, 0.15) is 0 Å². The SMILES string of the molecule is CCNS(=O)(=O)c1ccc(CCC(=O)Nc2cc(Cl)ccc2C)cc1. The van der Waals surface area contributed by atoms with Gasteiger partial charge in [-0.15, -0.1) is 0 Å². The summed E-state index contributed by atoms with van der Waals surface area (Å²) >= 11 is 5.94. The van der Waals surface area contributed by atoms with Crippen LogP contribution in [0.4, 0.5) is 5.69 Å². The summed E-state index contributed by atoms with van der Waals surface area (Å²) in [4.78, 5) is 12.3. The number of halogens is 1. The van der Waals surface area contributed by atoms with E-state index in [0.29, 0.717) is 30.1 Å². The van der Waals surface area contributed by atoms with Gasteiger partial charge in [0.15, 0.2) is 0 Å². The molecular formula is C18H21ClN2O3S. The van der Waals surface area contributed by atoms with Crippen LogP contribution in [0.25, 0.3) is 0 Å². The Morgan fingerprint density at radius 3 is 2.44 bits per heavy atom. The Labute approximate surface area is 153 Å². The van der Waals surface area contributed by atoms with Crippen LogP contribution in [-0.4, -0.2) is 20.9 Å². The lowest BCUT2D eigenvalue weighted by Crippen LogP contribution is -2.23. The van der Waals surface area contributed by atoms with E-state index in [0.717, 1.165) is 11.1 Å². The van der Waals surface area contributed by atoms with Crippen molar-refractivity contribution in [1.82, 2.24) is 4.72 Å². The van der Waals surface area contributed by atoms with Crippen LogP contribution in [0.15, 0.2) is 47.4 Å². The second-order valence-corrected chi connectivity index (χ2v) is 7.86. The highest BCUT2D eigenvalue weighted by molar-refractivity contribution is 7.89. The Morgan fingerprint density at radius 1 is 1.12 bits per heavy atom. The predicted molar refractivity (Wildman–Crippen MR) is 100 cm³/mol. The minimum Gasteiger partial charge on any atom is -0.326 e. The number of hydrogen-bond acceptors (Lipinski definition) is 3. The number of carbonyl (C=O) groups is 1. The third kappa shape index (κ3) is 5.56. The van der Waals surface area contributed by atoms with E-state index in [1.54, 1.807) is 43.3 Å². The molecule has 0 atom stereocenters. The van der Waals surface area contributed by atoms with Crippen molar-refractivity contribution in [2.45, 2.75) is 31.6 Å². The van der Waals surface area contributed by atoms with Crippen molar-refractivity contribution in [2.75, 3.05) is 11.9 Å². The average Bonchev–Trinajstić information content (AvgIpc) is 2.57. The van der Waals surface area contributed by atoms with Crippen LogP contribution in [-0.2, 0) is 21.2 Å². The molecule has 0 aromatic heterocycles. The molecule has 0 spiro atoms. The average molecular weight is 381 g/mol. The quantitative estimate of drug-likeness (QED) is 0.771. The fourth-order valence-corrected chi connectivity index (χ4v) is 3.52. The van der Waals surface area contributed by atoms with Gasteiger partial charge in [0.2, 0.25) is 15.9 Å². The number of nitrogens with one attached hydrogen (secondary N) is 2. The van der Waals surface area contributed by atoms with Gasteiger partial charge in [-0.1, -0.05) is 36.7 Å². The van der Waals surface area contributed by atoms with Gasteiger partial charge in [-0.05, 0) is 48.7 Å². The number of amides is 1. The zero-order valence-corrected chi connectivity index (χ0v) is 15.7. The van der Waals surface area contributed by atoms with Crippen LogP contribution in [0.1, 0.15) is 24.5 Å². The van der Waals surface area contributed by atoms with E-state index < -0.39 is 10.0 Å². The van der Waals surface area contributed by atoms with Gasteiger partial charge >= 0.3 is 0 Å². The van der Waals surface area contributed by atoms with Gasteiger partial charge in [-0.25, -0.2) is 13.1 Å². The van der Waals surface area contributed by atoms with Crippen LogP contribution in [0.2, 0.25) is 5.02 Å². The summed E-state index contributed by atoms with van der Waals surface area (Å²) in [5.74, 6) is -0.116. The molecule has 0 bridgehead atoms. The van der Waals surface area contributed by atoms with E-state index in [-0.39, 0.29) is 10.8 Å². The normalized spacial score (nSPS) is 11.3. The summed E-state index contributed by atoms with van der Waals surface area (Å²) in [5, 5.41) is 3.41. The molecule has 0 fully saturated rings. The third-order valence-electron chi connectivity index (χ3n) is 3.68. The van der Waals surface area contributed by atoms with Crippen LogP contribution >= 0.6 is 11.6 Å². The summed E-state index contributed by atoms with van der Waals surface area (Å²) in [7, 11) is -3.45. The zero-order valence-electron chi connectivity index (χ0n) is 14.2. The lowest BCUT2D eigenvalue weighted by Gasteiger charge is -2.09. The lowest BCUT2D eigenvalue weighted by atomic mass is 10.1. The standard InChI is InChI=1S/C18H21ClN2O3S/c1-3-20-25(23,24)16-9-5-14(6-10-16)7-11-18(22)21-17-12-15(19)8-4-13(17)2/h4-6,8-10,12,20H,3,7,11H2,1-2H3,(H,21,22). The van der Waals surface area contributed by atoms with E-state index in [4.69, 9.17) is 11.6 Å². The number of benzene rings is 2. The van der Waals surface area contributed by atoms with E-state index in [2.05, 4.69) is 10.0 Å². The van der Waals surface area contributed by atoms with E-state index in [1.165, 1.54) is 0 Å². The number of hydrogen-bond donors (Lipinski definition) is 2. The molecule has 0 heterocycles. The Balaban J connectivity index is 1.95. The van der Waals surface area contributed by atoms with Gasteiger partial charge in [0.05, 0.1) is 4.90 Å². The first-order chi connectivity index (χ1) is 11.8. The molecule has 0 aliphatic carbocycles. The molecule has 134 valence electrons. The van der Waals surface area contributed by atoms with Gasteiger partial charge in [-0.2, -0.15) is 0 Å². The predicted octanol–water partition coefficient (Wildman–Crippen LogP) is 3.52. The van der Waals surface area contributed by atoms with Crippen molar-refractivity contribution in [3.8, 4) is 0 Å². The summed E-state index contributed by atoms with van der Waals surface area (Å²) in [6.07, 6.45) is 0.818. The Kier molecular flexibility index (Phi) is 6.58. The summed E-state index contributed by atoms with van der Waals surface area (Å²) in [6.45, 7) is 3.97. The molecule has 0 saturated heterocycles. The monoisotopic (exact) mass is 380 g/mol. The number of sulfonamides is 1. The lowest BCUT2D eigenvalue weighted by molar-refractivity contribution is -0.116. The van der Waals surface area contributed by atoms with Crippen molar-refractivity contribution >= 4 is 33.2 Å². The van der Waals surface area contributed by atoms with Crippen LogP contribution < -0.4 is 10.0 Å². The molecule has 25 heavy (non-hydrogen) atoms. The highest BCUT2D eigenvalue weighted by atomic mass is 35.5. The molecule has 0 aliphatic rings. The molecule has 2 aromatic rings. The van der Waals surface area contributed by atoms with Gasteiger partial charge in [0, 0.05) is 23.7 Å². The molecular weight excluding hydrogens is 360 g/mol. The van der Waals surface area contributed by atoms with Crippen molar-refractivity contribution in [2.24, 2.45) is 0 Å². The topological polar surface area (TPSA) is 75.3 Å². The molecule has 0 saturated carbocycles. The van der Waals surface area contributed by atoms with E-state index in [1.807, 2.05) is 13.0 Å². The molecule has 5 nitrogen and oxygen atoms in total. The minimum absolute atomic E-state index is 0.116. The van der Waals surface area contributed by atoms with E-state index >= 15 is 0 Å². The van der Waals surface area contributed by atoms with Crippen molar-refractivity contribution in [3.63, 3.8) is 0 Å². The molecule has 1 amide bonds. The number of carbonyl (C=O) groups excluding carboxylic acids is 1. The first-order valence-electron chi connectivity index (χ1n) is 7.96. The first kappa shape index (κ1) is 19.4. The molecule has 0 unspecified atom stereocenters. The fraction of sp³-hybridized carbons (Fsp3) is 0.278. The highest BCUT2D eigenvalue weighted by Gasteiger charge is 2.12. The number of rotatable bonds is 7. The number of anilines is 1. The smallest absolute Gasteiger partial charge is 0.240 e. The van der Waals surface area contributed by atoms with Crippen LogP contribution in [0, 0.1) is 6.92 Å². The largest absolute Gasteiger partial charge is 0.326 e. The maximum Gasteiger partial charge on any atom is 0.240 e. The van der Waals surface area contributed by atoms with Gasteiger partial charge in [0.25, 0.3) is 0 Å². The van der Waals surface area contributed by atoms with Crippen molar-refractivity contribution in [1.29, 1.82) is 0 Å². The zero-order chi connectivity index (χ0) is 18.4. The van der Waals surface area contributed by atoms with Crippen molar-refractivity contribution < 1.29 is 13.2 Å². The van der Waals surface area contributed by atoms with E-state index in [9.17, 15) is 13.2 Å². The second-order valence-electron chi connectivity index (χ2n) is 5.65. The van der Waals surface area contributed by atoms with Crippen LogP contribution in [0.3, 0.4) is 0 Å². The van der Waals surface area contributed by atoms with Gasteiger partial charge < -0.3 is 5.32 Å². The molecule has 0 radical (unpaired) electrons. The second kappa shape index (κ2) is 8.47. The summed E-state index contributed by atoms with van der Waals surface area (Å²) in [6, 6.07) is 11.9. The minimum atomic E-state index is -3.45. The molecule has 0 aliphatic heterocycles. The third-order valence-corrected chi connectivity index (χ3v) is 5.48. The maximum atomic E-state index is 12.1. The Morgan fingerprint density at radius 2 is 1.80 bits per heavy atom. The van der Waals surface area contributed by atoms with Crippen LogP contribution in [0.5, 0.6) is 0 Å². The molecule has 2 rings (SSSR count).